The molecule has 1 aliphatic carbocycles. The van der Waals surface area contributed by atoms with Crippen molar-refractivity contribution in [2.75, 3.05) is 20.6 Å². The Hall–Kier alpha value is -1.36. The molecule has 0 aromatic rings. The van der Waals surface area contributed by atoms with Crippen molar-refractivity contribution < 1.29 is 14.7 Å². The van der Waals surface area contributed by atoms with Gasteiger partial charge in [-0.3, -0.25) is 4.79 Å². The Balaban J connectivity index is 2.60. The Morgan fingerprint density at radius 2 is 2.11 bits per heavy atom. The van der Waals surface area contributed by atoms with Crippen molar-refractivity contribution in [1.82, 2.24) is 10.2 Å². The van der Waals surface area contributed by atoms with Gasteiger partial charge >= 0.3 is 5.97 Å². The predicted octanol–water partition coefficient (Wildman–Crippen LogP) is 1.25. The van der Waals surface area contributed by atoms with Gasteiger partial charge in [-0.2, -0.15) is 0 Å². The largest absolute Gasteiger partial charge is 0.478 e. The first-order valence-electron chi connectivity index (χ1n) is 6.72. The Morgan fingerprint density at radius 1 is 1.42 bits per heavy atom. The maximum Gasteiger partial charge on any atom is 0.328 e. The predicted molar refractivity (Wildman–Crippen MR) is 73.8 cm³/mol. The molecular formula is C14H24N2O3. The fourth-order valence-electron chi connectivity index (χ4n) is 2.81. The number of amides is 1. The van der Waals surface area contributed by atoms with Gasteiger partial charge in [0.25, 0.3) is 0 Å². The number of likely N-dealkylation sites (N-methyl/N-ethyl adjacent to an activating group) is 1. The zero-order chi connectivity index (χ0) is 14.5. The molecular weight excluding hydrogens is 244 g/mol. The van der Waals surface area contributed by atoms with Gasteiger partial charge in [0.1, 0.15) is 0 Å². The molecule has 0 saturated heterocycles. The zero-order valence-electron chi connectivity index (χ0n) is 12.0. The number of hydrogen-bond donors (Lipinski definition) is 2. The lowest BCUT2D eigenvalue weighted by atomic mass is 9.75. The van der Waals surface area contributed by atoms with Crippen molar-refractivity contribution >= 4 is 11.9 Å². The Bertz CT molecular complexity index is 366. The number of rotatable bonds is 5. The summed E-state index contributed by atoms with van der Waals surface area (Å²) in [7, 11) is 4.08. The molecule has 0 spiro atoms. The minimum absolute atomic E-state index is 0.00953. The van der Waals surface area contributed by atoms with Gasteiger partial charge in [-0.05, 0) is 32.9 Å². The van der Waals surface area contributed by atoms with E-state index in [0.717, 1.165) is 25.0 Å². The van der Waals surface area contributed by atoms with Crippen LogP contribution in [0.25, 0.3) is 0 Å². The minimum atomic E-state index is -1.11. The topological polar surface area (TPSA) is 69.6 Å². The van der Waals surface area contributed by atoms with Gasteiger partial charge in [0, 0.05) is 24.2 Å². The molecule has 5 nitrogen and oxygen atoms in total. The maximum absolute atomic E-state index is 11.6. The Labute approximate surface area is 114 Å². The SMILES string of the molecule is CC1CCCC(CNC(=O)/C=C/C(=O)O)(N(C)C)C1. The lowest BCUT2D eigenvalue weighted by Gasteiger charge is -2.45. The van der Waals surface area contributed by atoms with Crippen LogP contribution in [0.4, 0.5) is 0 Å². The molecule has 5 heteroatoms. The molecule has 0 heterocycles. The van der Waals surface area contributed by atoms with Crippen molar-refractivity contribution in [3.63, 3.8) is 0 Å². The number of carboxylic acid groups (broad SMARTS) is 1. The summed E-state index contributed by atoms with van der Waals surface area (Å²) in [5, 5.41) is 11.3. The summed E-state index contributed by atoms with van der Waals surface area (Å²) in [6.07, 6.45) is 6.46. The summed E-state index contributed by atoms with van der Waals surface area (Å²) in [5.74, 6) is -0.798. The second-order valence-corrected chi connectivity index (χ2v) is 5.71. The van der Waals surface area contributed by atoms with Crippen LogP contribution in [0.2, 0.25) is 0 Å². The Morgan fingerprint density at radius 3 is 2.63 bits per heavy atom. The van der Waals surface area contributed by atoms with Gasteiger partial charge in [-0.1, -0.05) is 19.8 Å². The van der Waals surface area contributed by atoms with Crippen molar-refractivity contribution in [2.24, 2.45) is 5.92 Å². The van der Waals surface area contributed by atoms with E-state index in [1.165, 1.54) is 12.8 Å². The molecule has 2 N–H and O–H groups in total. The van der Waals surface area contributed by atoms with Crippen LogP contribution in [0.15, 0.2) is 12.2 Å². The fourth-order valence-corrected chi connectivity index (χ4v) is 2.81. The smallest absolute Gasteiger partial charge is 0.328 e. The molecule has 1 rings (SSSR count). The van der Waals surface area contributed by atoms with Crippen LogP contribution >= 0.6 is 0 Å². The highest BCUT2D eigenvalue weighted by molar-refractivity contribution is 5.93. The Kier molecular flexibility index (Phi) is 5.54. The lowest BCUT2D eigenvalue weighted by molar-refractivity contribution is -0.131. The number of hydrogen-bond acceptors (Lipinski definition) is 3. The van der Waals surface area contributed by atoms with E-state index in [-0.39, 0.29) is 11.4 Å². The quantitative estimate of drug-likeness (QED) is 0.736. The highest BCUT2D eigenvalue weighted by Crippen LogP contribution is 2.35. The summed E-state index contributed by atoms with van der Waals surface area (Å²) in [6, 6.07) is 0. The fraction of sp³-hybridized carbons (Fsp3) is 0.714. The molecule has 1 aliphatic rings. The second-order valence-electron chi connectivity index (χ2n) is 5.71. The van der Waals surface area contributed by atoms with E-state index >= 15 is 0 Å². The molecule has 0 aromatic heterocycles. The third-order valence-electron chi connectivity index (χ3n) is 3.99. The second kappa shape index (κ2) is 6.70. The van der Waals surface area contributed by atoms with Crippen LogP contribution in [0.1, 0.15) is 32.6 Å². The van der Waals surface area contributed by atoms with Gasteiger partial charge in [-0.15, -0.1) is 0 Å². The van der Waals surface area contributed by atoms with Crippen LogP contribution < -0.4 is 5.32 Å². The number of nitrogens with one attached hydrogen (secondary N) is 1. The number of nitrogens with zero attached hydrogens (tertiary/aromatic N) is 1. The number of carbonyl (C=O) groups excluding carboxylic acids is 1. The third kappa shape index (κ3) is 4.67. The molecule has 19 heavy (non-hydrogen) atoms. The third-order valence-corrected chi connectivity index (χ3v) is 3.99. The molecule has 0 radical (unpaired) electrons. The average Bonchev–Trinajstić information content (AvgIpc) is 2.33. The van der Waals surface area contributed by atoms with E-state index in [2.05, 4.69) is 17.1 Å². The first-order valence-corrected chi connectivity index (χ1v) is 6.72. The van der Waals surface area contributed by atoms with Gasteiger partial charge in [0.15, 0.2) is 0 Å². The van der Waals surface area contributed by atoms with E-state index in [9.17, 15) is 9.59 Å². The van der Waals surface area contributed by atoms with E-state index in [1.807, 2.05) is 14.1 Å². The summed E-state index contributed by atoms with van der Waals surface area (Å²) in [4.78, 5) is 24.1. The maximum atomic E-state index is 11.6. The molecule has 0 bridgehead atoms. The highest BCUT2D eigenvalue weighted by Gasteiger charge is 2.36. The highest BCUT2D eigenvalue weighted by atomic mass is 16.4. The van der Waals surface area contributed by atoms with Gasteiger partial charge in [0.2, 0.25) is 5.91 Å². The molecule has 2 unspecified atom stereocenters. The monoisotopic (exact) mass is 268 g/mol. The molecule has 108 valence electrons. The summed E-state index contributed by atoms with van der Waals surface area (Å²) >= 11 is 0. The molecule has 0 aromatic carbocycles. The molecule has 0 aliphatic heterocycles. The summed E-state index contributed by atoms with van der Waals surface area (Å²) in [6.45, 7) is 2.80. The molecule has 1 amide bonds. The first-order chi connectivity index (χ1) is 8.85. The zero-order valence-corrected chi connectivity index (χ0v) is 12.0. The van der Waals surface area contributed by atoms with E-state index < -0.39 is 5.97 Å². The number of carboxylic acids is 1. The molecule has 1 fully saturated rings. The van der Waals surface area contributed by atoms with Crippen LogP contribution in [0.5, 0.6) is 0 Å². The van der Waals surface area contributed by atoms with Crippen LogP contribution in [-0.2, 0) is 9.59 Å². The van der Waals surface area contributed by atoms with Gasteiger partial charge in [0.05, 0.1) is 0 Å². The van der Waals surface area contributed by atoms with Gasteiger partial charge in [-0.25, -0.2) is 4.79 Å². The minimum Gasteiger partial charge on any atom is -0.478 e. The van der Waals surface area contributed by atoms with E-state index in [0.29, 0.717) is 12.5 Å². The normalized spacial score (nSPS) is 27.7. The number of carbonyl (C=O) groups is 2. The first kappa shape index (κ1) is 15.7. The van der Waals surface area contributed by atoms with Gasteiger partial charge < -0.3 is 15.3 Å². The number of aliphatic carboxylic acids is 1. The lowest BCUT2D eigenvalue weighted by Crippen LogP contribution is -2.54. The van der Waals surface area contributed by atoms with Crippen molar-refractivity contribution in [3.05, 3.63) is 12.2 Å². The van der Waals surface area contributed by atoms with Crippen LogP contribution in [-0.4, -0.2) is 48.1 Å². The van der Waals surface area contributed by atoms with Crippen molar-refractivity contribution in [3.8, 4) is 0 Å². The van der Waals surface area contributed by atoms with Crippen molar-refractivity contribution in [1.29, 1.82) is 0 Å². The van der Waals surface area contributed by atoms with Crippen molar-refractivity contribution in [2.45, 2.75) is 38.1 Å². The van der Waals surface area contributed by atoms with Crippen LogP contribution in [0.3, 0.4) is 0 Å². The van der Waals surface area contributed by atoms with E-state index in [1.54, 1.807) is 0 Å². The summed E-state index contributed by atoms with van der Waals surface area (Å²) in [5.41, 5.74) is -0.00953. The van der Waals surface area contributed by atoms with Crippen LogP contribution in [0, 0.1) is 5.92 Å². The standard InChI is InChI=1S/C14H24N2O3/c1-11-5-4-8-14(9-11,16(2)3)10-15-12(17)6-7-13(18)19/h6-7,11H,4-5,8-10H2,1-3H3,(H,15,17)(H,18,19)/b7-6+. The molecule has 1 saturated carbocycles. The summed E-state index contributed by atoms with van der Waals surface area (Å²) < 4.78 is 0. The van der Waals surface area contributed by atoms with E-state index in [4.69, 9.17) is 5.11 Å². The average molecular weight is 268 g/mol. The molecule has 2 atom stereocenters.